The molecule has 0 aliphatic carbocycles. The van der Waals surface area contributed by atoms with Crippen LogP contribution in [0.25, 0.3) is 6.08 Å². The fourth-order valence-electron chi connectivity index (χ4n) is 3.49. The Labute approximate surface area is 181 Å². The van der Waals surface area contributed by atoms with Crippen molar-refractivity contribution in [3.8, 4) is 11.5 Å². The van der Waals surface area contributed by atoms with E-state index in [2.05, 4.69) is 21.2 Å². The molecule has 2 heterocycles. The van der Waals surface area contributed by atoms with Crippen LogP contribution in [0.4, 0.5) is 10.1 Å². The van der Waals surface area contributed by atoms with Gasteiger partial charge in [0.1, 0.15) is 5.82 Å². The summed E-state index contributed by atoms with van der Waals surface area (Å²) in [5.41, 5.74) is 0.998. The number of carbonyl (C=O) groups excluding carboxylic acids is 2. The molecule has 2 aliphatic heterocycles. The van der Waals surface area contributed by atoms with E-state index in [1.807, 2.05) is 0 Å². The summed E-state index contributed by atoms with van der Waals surface area (Å²) in [5, 5.41) is 2.91. The van der Waals surface area contributed by atoms with Crippen molar-refractivity contribution >= 4 is 39.5 Å². The second-order valence-corrected chi connectivity index (χ2v) is 8.07. The lowest BCUT2D eigenvalue weighted by atomic mass is 9.95. The van der Waals surface area contributed by atoms with Crippen molar-refractivity contribution in [2.75, 3.05) is 25.2 Å². The highest BCUT2D eigenvalue weighted by Gasteiger charge is 2.27. The van der Waals surface area contributed by atoms with Gasteiger partial charge in [-0.3, -0.25) is 9.59 Å². The third-order valence-electron chi connectivity index (χ3n) is 5.18. The zero-order chi connectivity index (χ0) is 21.1. The third-order valence-corrected chi connectivity index (χ3v) is 5.67. The van der Waals surface area contributed by atoms with Gasteiger partial charge in [-0.2, -0.15) is 0 Å². The summed E-state index contributed by atoms with van der Waals surface area (Å²) in [6.45, 7) is 1.13. The van der Waals surface area contributed by atoms with Gasteiger partial charge in [-0.1, -0.05) is 15.9 Å². The van der Waals surface area contributed by atoms with Crippen LogP contribution in [-0.2, 0) is 9.59 Å². The summed E-state index contributed by atoms with van der Waals surface area (Å²) in [6.07, 6.45) is 3.99. The van der Waals surface area contributed by atoms with E-state index < -0.39 is 0 Å². The number of anilines is 1. The highest BCUT2D eigenvalue weighted by atomic mass is 79.9. The average Bonchev–Trinajstić information content (AvgIpc) is 3.22. The summed E-state index contributed by atoms with van der Waals surface area (Å²) >= 11 is 3.29. The van der Waals surface area contributed by atoms with E-state index in [1.54, 1.807) is 35.2 Å². The first-order chi connectivity index (χ1) is 14.5. The number of halogens is 2. The van der Waals surface area contributed by atoms with Crippen LogP contribution >= 0.6 is 15.9 Å². The van der Waals surface area contributed by atoms with Crippen molar-refractivity contribution < 1.29 is 23.5 Å². The minimum absolute atomic E-state index is 0.0762. The van der Waals surface area contributed by atoms with Gasteiger partial charge in [-0.25, -0.2) is 4.39 Å². The number of nitrogens with zero attached hydrogens (tertiary/aromatic N) is 1. The molecule has 4 rings (SSSR count). The van der Waals surface area contributed by atoms with E-state index in [0.29, 0.717) is 48.7 Å². The molecule has 1 N–H and O–H groups in total. The quantitative estimate of drug-likeness (QED) is 0.674. The Morgan fingerprint density at radius 3 is 2.67 bits per heavy atom. The molecule has 0 radical (unpaired) electrons. The number of benzene rings is 2. The highest BCUT2D eigenvalue weighted by molar-refractivity contribution is 9.10. The second-order valence-electron chi connectivity index (χ2n) is 7.16. The maximum Gasteiger partial charge on any atom is 0.246 e. The van der Waals surface area contributed by atoms with Crippen LogP contribution in [0, 0.1) is 11.7 Å². The summed E-state index contributed by atoms with van der Waals surface area (Å²) in [6, 6.07) is 9.85. The van der Waals surface area contributed by atoms with E-state index in [9.17, 15) is 14.0 Å². The first-order valence-corrected chi connectivity index (χ1v) is 10.4. The van der Waals surface area contributed by atoms with Gasteiger partial charge in [0, 0.05) is 46.9 Å². The molecule has 156 valence electrons. The molecule has 0 saturated carbocycles. The van der Waals surface area contributed by atoms with E-state index in [0.717, 1.165) is 4.47 Å². The molecule has 2 aromatic carbocycles. The molecular weight excluding hydrogens is 455 g/mol. The number of nitrogens with one attached hydrogen (secondary N) is 1. The lowest BCUT2D eigenvalue weighted by Gasteiger charge is -2.30. The molecule has 0 bridgehead atoms. The number of piperidine rings is 1. The van der Waals surface area contributed by atoms with Gasteiger partial charge >= 0.3 is 0 Å². The first-order valence-electron chi connectivity index (χ1n) is 9.62. The average molecular weight is 475 g/mol. The van der Waals surface area contributed by atoms with Gasteiger partial charge in [0.15, 0.2) is 11.5 Å². The minimum atomic E-state index is -0.388. The van der Waals surface area contributed by atoms with E-state index in [1.165, 1.54) is 18.2 Å². The summed E-state index contributed by atoms with van der Waals surface area (Å²) in [5.74, 6) is 0.446. The molecule has 6 nitrogen and oxygen atoms in total. The first kappa shape index (κ1) is 20.4. The molecule has 8 heteroatoms. The fourth-order valence-corrected chi connectivity index (χ4v) is 3.87. The number of carbonyl (C=O) groups is 2. The molecule has 2 aliphatic rings. The molecule has 0 spiro atoms. The predicted molar refractivity (Wildman–Crippen MR) is 114 cm³/mol. The van der Waals surface area contributed by atoms with Crippen molar-refractivity contribution in [2.45, 2.75) is 12.8 Å². The van der Waals surface area contributed by atoms with E-state index >= 15 is 0 Å². The zero-order valence-electron chi connectivity index (χ0n) is 16.1. The van der Waals surface area contributed by atoms with Crippen LogP contribution in [-0.4, -0.2) is 36.6 Å². The summed E-state index contributed by atoms with van der Waals surface area (Å²) in [4.78, 5) is 26.7. The Bertz CT molecular complexity index is 1000. The van der Waals surface area contributed by atoms with Gasteiger partial charge in [0.05, 0.1) is 0 Å². The number of likely N-dealkylation sites (tertiary alicyclic amines) is 1. The second kappa shape index (κ2) is 8.87. The number of hydrogen-bond acceptors (Lipinski definition) is 4. The number of fused-ring (bicyclic) bond motifs is 1. The lowest BCUT2D eigenvalue weighted by molar-refractivity contribution is -0.130. The largest absolute Gasteiger partial charge is 0.454 e. The Morgan fingerprint density at radius 1 is 1.10 bits per heavy atom. The van der Waals surface area contributed by atoms with Crippen molar-refractivity contribution in [3.05, 3.63) is 58.3 Å². The monoisotopic (exact) mass is 474 g/mol. The minimum Gasteiger partial charge on any atom is -0.454 e. The molecule has 0 aromatic heterocycles. The van der Waals surface area contributed by atoms with Gasteiger partial charge in [0.2, 0.25) is 18.6 Å². The lowest BCUT2D eigenvalue weighted by Crippen LogP contribution is -2.40. The van der Waals surface area contributed by atoms with Gasteiger partial charge < -0.3 is 19.7 Å². The zero-order valence-corrected chi connectivity index (χ0v) is 17.7. The fraction of sp³-hybridized carbons (Fsp3) is 0.273. The van der Waals surface area contributed by atoms with Crippen LogP contribution in [0.2, 0.25) is 0 Å². The third kappa shape index (κ3) is 4.64. The summed E-state index contributed by atoms with van der Waals surface area (Å²) < 4.78 is 25.1. The van der Waals surface area contributed by atoms with E-state index in [-0.39, 0.29) is 30.3 Å². The normalized spacial score (nSPS) is 16.1. The van der Waals surface area contributed by atoms with Crippen LogP contribution in [0.5, 0.6) is 11.5 Å². The molecule has 2 aromatic rings. The molecule has 2 amide bonds. The van der Waals surface area contributed by atoms with Crippen LogP contribution in [0.15, 0.2) is 46.9 Å². The van der Waals surface area contributed by atoms with Gasteiger partial charge in [0.25, 0.3) is 0 Å². The number of ether oxygens (including phenoxy) is 2. The Morgan fingerprint density at radius 2 is 1.87 bits per heavy atom. The standard InChI is InChI=1S/C22H20BrFN2O4/c23-16-2-4-18(24)15(11-16)1-6-21(27)26-9-7-14(8-10-26)22(28)25-17-3-5-19-20(12-17)30-13-29-19/h1-6,11-12,14H,7-10,13H2,(H,25,28)/b6-1+. The van der Waals surface area contributed by atoms with E-state index in [4.69, 9.17) is 9.47 Å². The predicted octanol–water partition coefficient (Wildman–Crippen LogP) is 4.21. The molecule has 0 atom stereocenters. The summed E-state index contributed by atoms with van der Waals surface area (Å²) in [7, 11) is 0. The topological polar surface area (TPSA) is 67.9 Å². The Hall–Kier alpha value is -2.87. The smallest absolute Gasteiger partial charge is 0.246 e. The SMILES string of the molecule is O=C(Nc1ccc2c(c1)OCO2)C1CCN(C(=O)/C=C/c2cc(Br)ccc2F)CC1. The van der Waals surface area contributed by atoms with Gasteiger partial charge in [-0.05, 0) is 49.2 Å². The number of hydrogen-bond donors (Lipinski definition) is 1. The van der Waals surface area contributed by atoms with Crippen LogP contribution < -0.4 is 14.8 Å². The molecule has 0 unspecified atom stereocenters. The highest BCUT2D eigenvalue weighted by Crippen LogP contribution is 2.34. The van der Waals surface area contributed by atoms with Crippen molar-refractivity contribution in [3.63, 3.8) is 0 Å². The molecule has 1 saturated heterocycles. The van der Waals surface area contributed by atoms with Gasteiger partial charge in [-0.15, -0.1) is 0 Å². The Balaban J connectivity index is 1.30. The number of amides is 2. The molecular formula is C22H20BrFN2O4. The van der Waals surface area contributed by atoms with Crippen molar-refractivity contribution in [1.29, 1.82) is 0 Å². The maximum absolute atomic E-state index is 13.8. The maximum atomic E-state index is 13.8. The van der Waals surface area contributed by atoms with Crippen LogP contribution in [0.1, 0.15) is 18.4 Å². The van der Waals surface area contributed by atoms with Crippen LogP contribution in [0.3, 0.4) is 0 Å². The molecule has 30 heavy (non-hydrogen) atoms. The van der Waals surface area contributed by atoms with Crippen molar-refractivity contribution in [1.82, 2.24) is 4.90 Å². The molecule has 1 fully saturated rings. The Kier molecular flexibility index (Phi) is 6.03. The number of rotatable bonds is 4. The van der Waals surface area contributed by atoms with Crippen molar-refractivity contribution in [2.24, 2.45) is 5.92 Å².